The monoisotopic (exact) mass is 404 g/mol. The first-order chi connectivity index (χ1) is 13.1. The van der Waals surface area contributed by atoms with Crippen molar-refractivity contribution in [3.8, 4) is 0 Å². The van der Waals surface area contributed by atoms with Crippen LogP contribution in [0.5, 0.6) is 0 Å². The van der Waals surface area contributed by atoms with Gasteiger partial charge in [0.1, 0.15) is 0 Å². The summed E-state index contributed by atoms with van der Waals surface area (Å²) in [6.45, 7) is 6.17. The molecular weight excluding hydrogens is 380 g/mol. The highest BCUT2D eigenvalue weighted by Crippen LogP contribution is 2.21. The van der Waals surface area contributed by atoms with Crippen LogP contribution in [0.3, 0.4) is 0 Å². The van der Waals surface area contributed by atoms with Crippen molar-refractivity contribution < 1.29 is 9.53 Å². The predicted molar refractivity (Wildman–Crippen MR) is 111 cm³/mol. The third kappa shape index (κ3) is 6.54. The quantitative estimate of drug-likeness (QED) is 0.710. The summed E-state index contributed by atoms with van der Waals surface area (Å²) in [6.07, 6.45) is 0. The van der Waals surface area contributed by atoms with E-state index in [0.29, 0.717) is 10.8 Å². The SMILES string of the molecule is Cc1ccc(C(CN2CCOCC2)NC(=O)CSc2ccc(Cl)cc2)cc1. The van der Waals surface area contributed by atoms with E-state index in [0.717, 1.165) is 43.3 Å². The number of carbonyl (C=O) groups is 1. The number of thioether (sulfide) groups is 1. The molecule has 2 aromatic carbocycles. The normalized spacial score (nSPS) is 16.1. The van der Waals surface area contributed by atoms with E-state index in [1.807, 2.05) is 24.3 Å². The Labute approximate surface area is 170 Å². The molecular formula is C21H25ClN2O2S. The van der Waals surface area contributed by atoms with Crippen LogP contribution >= 0.6 is 23.4 Å². The minimum Gasteiger partial charge on any atom is -0.379 e. The molecule has 4 nitrogen and oxygen atoms in total. The summed E-state index contributed by atoms with van der Waals surface area (Å²) in [5.41, 5.74) is 2.35. The van der Waals surface area contributed by atoms with E-state index in [9.17, 15) is 4.79 Å². The summed E-state index contributed by atoms with van der Waals surface area (Å²) in [5.74, 6) is 0.418. The minimum atomic E-state index is -0.0259. The first kappa shape index (κ1) is 20.2. The number of nitrogens with zero attached hydrogens (tertiary/aromatic N) is 1. The number of ether oxygens (including phenoxy) is 1. The van der Waals surface area contributed by atoms with Crippen LogP contribution in [0.2, 0.25) is 5.02 Å². The molecule has 1 heterocycles. The lowest BCUT2D eigenvalue weighted by Crippen LogP contribution is -2.43. The molecule has 1 unspecified atom stereocenters. The van der Waals surface area contributed by atoms with Gasteiger partial charge >= 0.3 is 0 Å². The Morgan fingerprint density at radius 2 is 1.81 bits per heavy atom. The lowest BCUT2D eigenvalue weighted by atomic mass is 10.0. The Morgan fingerprint density at radius 3 is 2.48 bits per heavy atom. The van der Waals surface area contributed by atoms with Crippen LogP contribution in [0.15, 0.2) is 53.4 Å². The summed E-state index contributed by atoms with van der Waals surface area (Å²) >= 11 is 7.43. The van der Waals surface area contributed by atoms with Gasteiger partial charge in [0.15, 0.2) is 0 Å². The molecule has 0 aromatic heterocycles. The Bertz CT molecular complexity index is 731. The third-order valence-corrected chi connectivity index (χ3v) is 5.81. The van der Waals surface area contributed by atoms with Crippen LogP contribution in [-0.2, 0) is 9.53 Å². The lowest BCUT2D eigenvalue weighted by molar-refractivity contribution is -0.119. The van der Waals surface area contributed by atoms with Gasteiger partial charge in [0, 0.05) is 29.6 Å². The van der Waals surface area contributed by atoms with E-state index in [4.69, 9.17) is 16.3 Å². The summed E-state index contributed by atoms with van der Waals surface area (Å²) in [5, 5.41) is 3.92. The summed E-state index contributed by atoms with van der Waals surface area (Å²) in [7, 11) is 0. The zero-order chi connectivity index (χ0) is 19.1. The van der Waals surface area contributed by atoms with Crippen LogP contribution in [0, 0.1) is 6.92 Å². The van der Waals surface area contributed by atoms with Gasteiger partial charge in [0.05, 0.1) is 25.0 Å². The van der Waals surface area contributed by atoms with E-state index in [2.05, 4.69) is 41.4 Å². The molecule has 0 spiro atoms. The van der Waals surface area contributed by atoms with Crippen molar-refractivity contribution in [3.05, 3.63) is 64.7 Å². The van der Waals surface area contributed by atoms with Crippen molar-refractivity contribution in [1.82, 2.24) is 10.2 Å². The first-order valence-corrected chi connectivity index (χ1v) is 10.5. The topological polar surface area (TPSA) is 41.6 Å². The number of aryl methyl sites for hydroxylation is 1. The molecule has 3 rings (SSSR count). The summed E-state index contributed by atoms with van der Waals surface area (Å²) in [4.78, 5) is 16.0. The van der Waals surface area contributed by atoms with E-state index in [1.54, 1.807) is 0 Å². The van der Waals surface area contributed by atoms with Crippen molar-refractivity contribution in [3.63, 3.8) is 0 Å². The van der Waals surface area contributed by atoms with E-state index in [1.165, 1.54) is 17.3 Å². The zero-order valence-corrected chi connectivity index (χ0v) is 17.1. The molecule has 1 amide bonds. The highest BCUT2D eigenvalue weighted by atomic mass is 35.5. The maximum atomic E-state index is 12.6. The lowest BCUT2D eigenvalue weighted by Gasteiger charge is -2.31. The molecule has 1 aliphatic heterocycles. The molecule has 1 atom stereocenters. The van der Waals surface area contributed by atoms with Crippen LogP contribution < -0.4 is 5.32 Å². The van der Waals surface area contributed by atoms with Crippen molar-refractivity contribution in [1.29, 1.82) is 0 Å². The zero-order valence-electron chi connectivity index (χ0n) is 15.5. The van der Waals surface area contributed by atoms with Crippen LogP contribution in [0.4, 0.5) is 0 Å². The fraction of sp³-hybridized carbons (Fsp3) is 0.381. The number of hydrogen-bond donors (Lipinski definition) is 1. The van der Waals surface area contributed by atoms with Gasteiger partial charge in [0.2, 0.25) is 5.91 Å². The number of halogens is 1. The molecule has 144 valence electrons. The van der Waals surface area contributed by atoms with Gasteiger partial charge < -0.3 is 10.1 Å². The fourth-order valence-corrected chi connectivity index (χ4v) is 3.83. The second-order valence-electron chi connectivity index (χ2n) is 6.69. The first-order valence-electron chi connectivity index (χ1n) is 9.14. The van der Waals surface area contributed by atoms with Crippen LogP contribution in [-0.4, -0.2) is 49.4 Å². The van der Waals surface area contributed by atoms with E-state index in [-0.39, 0.29) is 11.9 Å². The number of amides is 1. The Balaban J connectivity index is 1.61. The number of morpholine rings is 1. The van der Waals surface area contributed by atoms with Crippen LogP contribution in [0.25, 0.3) is 0 Å². The Morgan fingerprint density at radius 1 is 1.15 bits per heavy atom. The molecule has 1 N–H and O–H groups in total. The third-order valence-electron chi connectivity index (χ3n) is 4.54. The molecule has 6 heteroatoms. The van der Waals surface area contributed by atoms with Crippen molar-refractivity contribution in [2.24, 2.45) is 0 Å². The molecule has 27 heavy (non-hydrogen) atoms. The molecule has 0 saturated carbocycles. The fourth-order valence-electron chi connectivity index (χ4n) is 2.99. The van der Waals surface area contributed by atoms with Crippen molar-refractivity contribution in [2.75, 3.05) is 38.6 Å². The average Bonchev–Trinajstić information content (AvgIpc) is 2.68. The second kappa shape index (κ2) is 10.1. The van der Waals surface area contributed by atoms with Crippen LogP contribution in [0.1, 0.15) is 17.2 Å². The predicted octanol–water partition coefficient (Wildman–Crippen LogP) is 3.93. The summed E-state index contributed by atoms with van der Waals surface area (Å²) in [6, 6.07) is 15.9. The summed E-state index contributed by atoms with van der Waals surface area (Å²) < 4.78 is 5.44. The molecule has 0 aliphatic carbocycles. The maximum Gasteiger partial charge on any atom is 0.230 e. The van der Waals surface area contributed by atoms with Gasteiger partial charge in [-0.1, -0.05) is 41.4 Å². The van der Waals surface area contributed by atoms with E-state index >= 15 is 0 Å². The molecule has 1 saturated heterocycles. The number of rotatable bonds is 7. The number of nitrogens with one attached hydrogen (secondary N) is 1. The molecule has 1 aliphatic rings. The highest BCUT2D eigenvalue weighted by molar-refractivity contribution is 8.00. The minimum absolute atomic E-state index is 0.0259. The standard InChI is InChI=1S/C21H25ClN2O2S/c1-16-2-4-17(5-3-16)20(14-24-10-12-26-13-11-24)23-21(25)15-27-19-8-6-18(22)7-9-19/h2-9,20H,10-15H2,1H3,(H,23,25). The Hall–Kier alpha value is -1.53. The number of carbonyl (C=O) groups excluding carboxylic acids is 1. The molecule has 0 bridgehead atoms. The van der Waals surface area contributed by atoms with Gasteiger partial charge in [-0.2, -0.15) is 0 Å². The van der Waals surface area contributed by atoms with Gasteiger partial charge in [-0.3, -0.25) is 9.69 Å². The molecule has 2 aromatic rings. The van der Waals surface area contributed by atoms with Crippen molar-refractivity contribution >= 4 is 29.3 Å². The number of hydrogen-bond acceptors (Lipinski definition) is 4. The van der Waals surface area contributed by atoms with Crippen molar-refractivity contribution in [2.45, 2.75) is 17.9 Å². The largest absolute Gasteiger partial charge is 0.379 e. The Kier molecular flexibility index (Phi) is 7.59. The molecule has 0 radical (unpaired) electrons. The number of benzene rings is 2. The smallest absolute Gasteiger partial charge is 0.230 e. The van der Waals surface area contributed by atoms with Gasteiger partial charge in [-0.05, 0) is 36.8 Å². The van der Waals surface area contributed by atoms with Gasteiger partial charge in [-0.25, -0.2) is 0 Å². The molecule has 1 fully saturated rings. The van der Waals surface area contributed by atoms with Gasteiger partial charge in [0.25, 0.3) is 0 Å². The maximum absolute atomic E-state index is 12.6. The average molecular weight is 405 g/mol. The second-order valence-corrected chi connectivity index (χ2v) is 8.17. The van der Waals surface area contributed by atoms with E-state index < -0.39 is 0 Å². The highest BCUT2D eigenvalue weighted by Gasteiger charge is 2.20. The van der Waals surface area contributed by atoms with Gasteiger partial charge in [-0.15, -0.1) is 11.8 Å².